The summed E-state index contributed by atoms with van der Waals surface area (Å²) in [4.78, 5) is 26.9. The molecular weight excluding hydrogens is 284 g/mol. The van der Waals surface area contributed by atoms with Crippen molar-refractivity contribution in [3.8, 4) is 0 Å². The second kappa shape index (κ2) is 5.95. The molecule has 0 spiro atoms. The Hall–Kier alpha value is -1.72. The van der Waals surface area contributed by atoms with E-state index < -0.39 is 0 Å². The molecular formula is C13H11ClN2O2S. The molecule has 0 fully saturated rings. The largest absolute Gasteiger partial charge is 0.302 e. The molecule has 0 saturated heterocycles. The van der Waals surface area contributed by atoms with Gasteiger partial charge < -0.3 is 5.32 Å². The molecule has 1 heterocycles. The fraction of sp³-hybridized carbons (Fsp3) is 0.154. The van der Waals surface area contributed by atoms with Crippen LogP contribution in [0.3, 0.4) is 0 Å². The first-order chi connectivity index (χ1) is 9.04. The molecule has 0 bridgehead atoms. The zero-order chi connectivity index (χ0) is 13.8. The zero-order valence-corrected chi connectivity index (χ0v) is 11.7. The smallest absolute Gasteiger partial charge is 0.230 e. The standard InChI is InChI=1S/C13H11ClN2O2S/c1-8(17)11-7-19-13(15-11)16-12(18)6-9-2-4-10(14)5-3-9/h2-5,7H,6H2,1H3,(H,15,16,18). The summed E-state index contributed by atoms with van der Waals surface area (Å²) in [5, 5.41) is 5.36. The number of carbonyl (C=O) groups is 2. The number of rotatable bonds is 4. The van der Waals surface area contributed by atoms with Gasteiger partial charge in [-0.1, -0.05) is 23.7 Å². The van der Waals surface area contributed by atoms with Gasteiger partial charge in [0.1, 0.15) is 5.69 Å². The van der Waals surface area contributed by atoms with Crippen molar-refractivity contribution < 1.29 is 9.59 Å². The van der Waals surface area contributed by atoms with Gasteiger partial charge in [0.2, 0.25) is 5.91 Å². The van der Waals surface area contributed by atoms with E-state index in [0.29, 0.717) is 15.8 Å². The molecule has 0 saturated carbocycles. The van der Waals surface area contributed by atoms with E-state index in [1.54, 1.807) is 29.6 Å². The van der Waals surface area contributed by atoms with Crippen molar-refractivity contribution in [3.05, 3.63) is 45.9 Å². The molecule has 6 heteroatoms. The quantitative estimate of drug-likeness (QED) is 0.881. The third-order valence-corrected chi connectivity index (χ3v) is 3.40. The fourth-order valence-corrected chi connectivity index (χ4v) is 2.34. The Morgan fingerprint density at radius 3 is 2.58 bits per heavy atom. The van der Waals surface area contributed by atoms with E-state index in [9.17, 15) is 9.59 Å². The number of amides is 1. The van der Waals surface area contributed by atoms with Crippen LogP contribution in [0.1, 0.15) is 23.0 Å². The summed E-state index contributed by atoms with van der Waals surface area (Å²) in [7, 11) is 0. The van der Waals surface area contributed by atoms with E-state index in [4.69, 9.17) is 11.6 Å². The molecule has 0 unspecified atom stereocenters. The maximum atomic E-state index is 11.8. The van der Waals surface area contributed by atoms with Gasteiger partial charge in [0.25, 0.3) is 0 Å². The summed E-state index contributed by atoms with van der Waals surface area (Å²) >= 11 is 7.00. The van der Waals surface area contributed by atoms with Gasteiger partial charge in [-0.25, -0.2) is 4.98 Å². The van der Waals surface area contributed by atoms with Gasteiger partial charge in [0.15, 0.2) is 10.9 Å². The minimum atomic E-state index is -0.174. The number of nitrogens with one attached hydrogen (secondary N) is 1. The molecule has 0 aliphatic carbocycles. The van der Waals surface area contributed by atoms with Crippen LogP contribution in [-0.4, -0.2) is 16.7 Å². The molecule has 1 N–H and O–H groups in total. The topological polar surface area (TPSA) is 59.1 Å². The Bertz CT molecular complexity index is 607. The first-order valence-corrected chi connectivity index (χ1v) is 6.81. The highest BCUT2D eigenvalue weighted by atomic mass is 35.5. The predicted molar refractivity (Wildman–Crippen MR) is 75.9 cm³/mol. The van der Waals surface area contributed by atoms with Crippen molar-refractivity contribution in [3.63, 3.8) is 0 Å². The van der Waals surface area contributed by atoms with E-state index in [1.165, 1.54) is 18.3 Å². The number of thiazole rings is 1. The highest BCUT2D eigenvalue weighted by Crippen LogP contribution is 2.16. The zero-order valence-electron chi connectivity index (χ0n) is 10.1. The van der Waals surface area contributed by atoms with Crippen LogP contribution in [0.4, 0.5) is 5.13 Å². The monoisotopic (exact) mass is 294 g/mol. The molecule has 2 aromatic rings. The molecule has 0 aliphatic heterocycles. The van der Waals surface area contributed by atoms with Gasteiger partial charge in [0.05, 0.1) is 6.42 Å². The van der Waals surface area contributed by atoms with Crippen LogP contribution in [0.15, 0.2) is 29.6 Å². The summed E-state index contributed by atoms with van der Waals surface area (Å²) in [5.74, 6) is -0.291. The van der Waals surface area contributed by atoms with Crippen LogP contribution in [0, 0.1) is 0 Å². The number of hydrogen-bond acceptors (Lipinski definition) is 4. The van der Waals surface area contributed by atoms with Gasteiger partial charge in [-0.3, -0.25) is 9.59 Å². The lowest BCUT2D eigenvalue weighted by atomic mass is 10.1. The average molecular weight is 295 g/mol. The maximum Gasteiger partial charge on any atom is 0.230 e. The Morgan fingerprint density at radius 2 is 2.00 bits per heavy atom. The molecule has 1 aromatic carbocycles. The number of carbonyl (C=O) groups excluding carboxylic acids is 2. The third-order valence-electron chi connectivity index (χ3n) is 2.39. The average Bonchev–Trinajstić information content (AvgIpc) is 2.80. The Labute approximate surface area is 119 Å². The van der Waals surface area contributed by atoms with E-state index >= 15 is 0 Å². The number of benzene rings is 1. The number of halogens is 1. The minimum Gasteiger partial charge on any atom is -0.302 e. The van der Waals surface area contributed by atoms with Gasteiger partial charge in [-0.15, -0.1) is 11.3 Å². The molecule has 98 valence electrons. The number of nitrogens with zero attached hydrogens (tertiary/aromatic N) is 1. The highest BCUT2D eigenvalue weighted by Gasteiger charge is 2.09. The predicted octanol–water partition coefficient (Wildman–Crippen LogP) is 3.18. The lowest BCUT2D eigenvalue weighted by molar-refractivity contribution is -0.115. The second-order valence-corrected chi connectivity index (χ2v) is 5.24. The number of hydrogen-bond donors (Lipinski definition) is 1. The fourth-order valence-electron chi connectivity index (χ4n) is 1.44. The molecule has 0 aliphatic rings. The lowest BCUT2D eigenvalue weighted by Crippen LogP contribution is -2.14. The van der Waals surface area contributed by atoms with Crippen molar-refractivity contribution in [2.24, 2.45) is 0 Å². The maximum absolute atomic E-state index is 11.8. The van der Waals surface area contributed by atoms with Crippen molar-refractivity contribution in [2.45, 2.75) is 13.3 Å². The summed E-state index contributed by atoms with van der Waals surface area (Å²) in [6, 6.07) is 7.07. The van der Waals surface area contributed by atoms with Crippen molar-refractivity contribution in [1.29, 1.82) is 0 Å². The van der Waals surface area contributed by atoms with Gasteiger partial charge in [-0.2, -0.15) is 0 Å². The number of aromatic nitrogens is 1. The van der Waals surface area contributed by atoms with Crippen LogP contribution in [0.2, 0.25) is 5.02 Å². The van der Waals surface area contributed by atoms with E-state index in [1.807, 2.05) is 0 Å². The van der Waals surface area contributed by atoms with Crippen molar-refractivity contribution in [2.75, 3.05) is 5.32 Å². The highest BCUT2D eigenvalue weighted by molar-refractivity contribution is 7.14. The summed E-state index contributed by atoms with van der Waals surface area (Å²) in [5.41, 5.74) is 1.23. The number of anilines is 1. The summed E-state index contributed by atoms with van der Waals surface area (Å²) in [6.07, 6.45) is 0.242. The van der Waals surface area contributed by atoms with Crippen LogP contribution in [-0.2, 0) is 11.2 Å². The summed E-state index contributed by atoms with van der Waals surface area (Å²) < 4.78 is 0. The van der Waals surface area contributed by atoms with Crippen LogP contribution in [0.5, 0.6) is 0 Å². The first kappa shape index (κ1) is 13.7. The Morgan fingerprint density at radius 1 is 1.32 bits per heavy atom. The molecule has 0 atom stereocenters. The molecule has 4 nitrogen and oxygen atoms in total. The van der Waals surface area contributed by atoms with Crippen LogP contribution < -0.4 is 5.32 Å². The summed E-state index contributed by atoms with van der Waals surface area (Å²) in [6.45, 7) is 1.44. The normalized spacial score (nSPS) is 10.2. The molecule has 0 radical (unpaired) electrons. The van der Waals surface area contributed by atoms with Gasteiger partial charge >= 0.3 is 0 Å². The molecule has 1 aromatic heterocycles. The van der Waals surface area contributed by atoms with Crippen LogP contribution >= 0.6 is 22.9 Å². The second-order valence-electron chi connectivity index (χ2n) is 3.95. The first-order valence-electron chi connectivity index (χ1n) is 5.55. The Kier molecular flexibility index (Phi) is 4.29. The van der Waals surface area contributed by atoms with E-state index in [-0.39, 0.29) is 18.1 Å². The van der Waals surface area contributed by atoms with Gasteiger partial charge in [-0.05, 0) is 17.7 Å². The number of Topliss-reactive ketones (excluding diaryl/α,β-unsaturated/α-hetero) is 1. The molecule has 1 amide bonds. The minimum absolute atomic E-state index is 0.116. The van der Waals surface area contributed by atoms with E-state index in [2.05, 4.69) is 10.3 Å². The van der Waals surface area contributed by atoms with Crippen molar-refractivity contribution in [1.82, 2.24) is 4.98 Å². The van der Waals surface area contributed by atoms with Crippen molar-refractivity contribution >= 4 is 39.8 Å². The molecule has 19 heavy (non-hydrogen) atoms. The lowest BCUT2D eigenvalue weighted by Gasteiger charge is -2.02. The van der Waals surface area contributed by atoms with E-state index in [0.717, 1.165) is 5.56 Å². The van der Waals surface area contributed by atoms with Crippen LogP contribution in [0.25, 0.3) is 0 Å². The SMILES string of the molecule is CC(=O)c1csc(NC(=O)Cc2ccc(Cl)cc2)n1. The third kappa shape index (κ3) is 3.87. The number of ketones is 1. The van der Waals surface area contributed by atoms with Gasteiger partial charge in [0, 0.05) is 17.3 Å². The Balaban J connectivity index is 1.97. The molecule has 2 rings (SSSR count).